The number of rotatable bonds is 5. The lowest BCUT2D eigenvalue weighted by Gasteiger charge is -2.05. The molecule has 0 bridgehead atoms. The number of benzene rings is 1. The van der Waals surface area contributed by atoms with Gasteiger partial charge in [-0.05, 0) is 37.3 Å². The van der Waals surface area contributed by atoms with Crippen LogP contribution >= 0.6 is 15.9 Å². The van der Waals surface area contributed by atoms with E-state index in [2.05, 4.69) is 25.8 Å². The summed E-state index contributed by atoms with van der Waals surface area (Å²) in [6.45, 7) is 2.92. The van der Waals surface area contributed by atoms with Gasteiger partial charge in [0.25, 0.3) is 0 Å². The van der Waals surface area contributed by atoms with Gasteiger partial charge in [-0.25, -0.2) is 13.1 Å². The maximum absolute atomic E-state index is 12.0. The highest BCUT2D eigenvalue weighted by Gasteiger charge is 2.13. The summed E-state index contributed by atoms with van der Waals surface area (Å²) < 4.78 is 29.2. The van der Waals surface area contributed by atoms with Gasteiger partial charge in [-0.3, -0.25) is 4.68 Å². The third kappa shape index (κ3) is 3.65. The van der Waals surface area contributed by atoms with Crippen LogP contribution in [0.15, 0.2) is 45.9 Å². The molecule has 19 heavy (non-hydrogen) atoms. The summed E-state index contributed by atoms with van der Waals surface area (Å²) in [7, 11) is -3.49. The molecule has 1 aromatic heterocycles. The fourth-order valence-corrected chi connectivity index (χ4v) is 2.80. The Bertz CT molecular complexity index is 650. The second-order valence-electron chi connectivity index (χ2n) is 3.94. The van der Waals surface area contributed by atoms with Crippen molar-refractivity contribution >= 4 is 26.0 Å². The number of halogens is 1. The molecule has 5 nitrogen and oxygen atoms in total. The van der Waals surface area contributed by atoms with Crippen molar-refractivity contribution in [2.24, 2.45) is 0 Å². The molecule has 0 atom stereocenters. The molecule has 2 aromatic rings. The van der Waals surface area contributed by atoms with Crippen molar-refractivity contribution in [3.63, 3.8) is 0 Å². The Morgan fingerprint density at radius 3 is 2.53 bits per heavy atom. The molecule has 0 saturated carbocycles. The summed E-state index contributed by atoms with van der Waals surface area (Å²) in [6.07, 6.45) is 1.82. The summed E-state index contributed by atoms with van der Waals surface area (Å²) in [5.41, 5.74) is 0.697. The van der Waals surface area contributed by atoms with Crippen LogP contribution in [-0.4, -0.2) is 18.2 Å². The van der Waals surface area contributed by atoms with Gasteiger partial charge in [0.15, 0.2) is 0 Å². The third-order valence-electron chi connectivity index (χ3n) is 2.59. The Morgan fingerprint density at radius 1 is 1.26 bits per heavy atom. The van der Waals surface area contributed by atoms with Crippen molar-refractivity contribution in [1.29, 1.82) is 0 Å². The molecule has 0 unspecified atom stereocenters. The summed E-state index contributed by atoms with van der Waals surface area (Å²) in [6, 6.07) is 8.29. The van der Waals surface area contributed by atoms with E-state index in [1.54, 1.807) is 35.0 Å². The molecule has 1 heterocycles. The minimum atomic E-state index is -3.49. The van der Waals surface area contributed by atoms with Crippen molar-refractivity contribution in [3.05, 3.63) is 46.7 Å². The number of aromatic nitrogens is 2. The van der Waals surface area contributed by atoms with Crippen LogP contribution in [0.3, 0.4) is 0 Å². The van der Waals surface area contributed by atoms with E-state index in [4.69, 9.17) is 0 Å². The Balaban J connectivity index is 2.07. The summed E-state index contributed by atoms with van der Waals surface area (Å²) >= 11 is 3.27. The van der Waals surface area contributed by atoms with Crippen molar-refractivity contribution in [2.75, 3.05) is 0 Å². The van der Waals surface area contributed by atoms with E-state index in [1.807, 2.05) is 13.1 Å². The average molecular weight is 344 g/mol. The highest BCUT2D eigenvalue weighted by molar-refractivity contribution is 9.10. The molecule has 0 saturated heterocycles. The first kappa shape index (κ1) is 14.2. The number of hydrogen-bond donors (Lipinski definition) is 1. The number of aryl methyl sites for hydroxylation is 1. The number of nitrogens with zero attached hydrogens (tertiary/aromatic N) is 2. The minimum Gasteiger partial charge on any atom is -0.273 e. The maximum atomic E-state index is 12.0. The van der Waals surface area contributed by atoms with E-state index < -0.39 is 10.0 Å². The summed E-state index contributed by atoms with van der Waals surface area (Å²) in [4.78, 5) is 0.241. The summed E-state index contributed by atoms with van der Waals surface area (Å²) in [5, 5.41) is 4.22. The first-order valence-electron chi connectivity index (χ1n) is 5.79. The third-order valence-corrected chi connectivity index (χ3v) is 4.53. The zero-order valence-electron chi connectivity index (χ0n) is 10.4. The highest BCUT2D eigenvalue weighted by Crippen LogP contribution is 2.14. The zero-order valence-corrected chi connectivity index (χ0v) is 12.8. The minimum absolute atomic E-state index is 0.186. The van der Waals surface area contributed by atoms with Crippen molar-refractivity contribution in [3.8, 4) is 0 Å². The SMILES string of the molecule is CCn1ccc(CNS(=O)(=O)c2ccc(Br)cc2)n1. The molecule has 0 fully saturated rings. The molecule has 0 aliphatic rings. The lowest BCUT2D eigenvalue weighted by atomic mass is 10.4. The predicted molar refractivity (Wildman–Crippen MR) is 76.1 cm³/mol. The lowest BCUT2D eigenvalue weighted by molar-refractivity contribution is 0.578. The standard InChI is InChI=1S/C12H14BrN3O2S/c1-2-16-8-7-11(15-16)9-14-19(17,18)12-5-3-10(13)4-6-12/h3-8,14H,2,9H2,1H3. The van der Waals surface area contributed by atoms with E-state index in [0.717, 1.165) is 11.0 Å². The van der Waals surface area contributed by atoms with Crippen molar-refractivity contribution < 1.29 is 8.42 Å². The molecule has 1 aromatic carbocycles. The van der Waals surface area contributed by atoms with Crippen LogP contribution in [0.1, 0.15) is 12.6 Å². The Morgan fingerprint density at radius 2 is 1.95 bits per heavy atom. The number of hydrogen-bond acceptors (Lipinski definition) is 3. The Hall–Kier alpha value is -1.18. The molecule has 1 N–H and O–H groups in total. The van der Waals surface area contributed by atoms with Gasteiger partial charge < -0.3 is 0 Å². The smallest absolute Gasteiger partial charge is 0.240 e. The van der Waals surface area contributed by atoms with Crippen LogP contribution in [0.4, 0.5) is 0 Å². The topological polar surface area (TPSA) is 64.0 Å². The van der Waals surface area contributed by atoms with Crippen LogP contribution in [0.25, 0.3) is 0 Å². The molecule has 0 aliphatic carbocycles. The predicted octanol–water partition coefficient (Wildman–Crippen LogP) is 2.14. The van der Waals surface area contributed by atoms with Gasteiger partial charge in [-0.15, -0.1) is 0 Å². The van der Waals surface area contributed by atoms with Gasteiger partial charge in [0.1, 0.15) is 0 Å². The van der Waals surface area contributed by atoms with Crippen LogP contribution in [0.5, 0.6) is 0 Å². The van der Waals surface area contributed by atoms with Gasteiger partial charge >= 0.3 is 0 Å². The summed E-state index contributed by atoms with van der Waals surface area (Å²) in [5.74, 6) is 0. The average Bonchev–Trinajstić information content (AvgIpc) is 2.85. The zero-order chi connectivity index (χ0) is 13.9. The monoisotopic (exact) mass is 343 g/mol. The molecule has 0 spiro atoms. The van der Waals surface area contributed by atoms with E-state index in [9.17, 15) is 8.42 Å². The molecule has 0 radical (unpaired) electrons. The van der Waals surface area contributed by atoms with E-state index >= 15 is 0 Å². The second-order valence-corrected chi connectivity index (χ2v) is 6.62. The molecular weight excluding hydrogens is 330 g/mol. The molecule has 7 heteroatoms. The first-order chi connectivity index (χ1) is 9.01. The van der Waals surface area contributed by atoms with E-state index in [0.29, 0.717) is 5.69 Å². The van der Waals surface area contributed by atoms with Gasteiger partial charge in [0.05, 0.1) is 17.1 Å². The van der Waals surface area contributed by atoms with Crippen LogP contribution in [0, 0.1) is 0 Å². The largest absolute Gasteiger partial charge is 0.273 e. The van der Waals surface area contributed by atoms with Gasteiger partial charge in [-0.2, -0.15) is 5.10 Å². The van der Waals surface area contributed by atoms with Gasteiger partial charge in [0.2, 0.25) is 10.0 Å². The number of nitrogens with one attached hydrogen (secondary N) is 1. The maximum Gasteiger partial charge on any atom is 0.240 e. The Labute approximate surface area is 120 Å². The van der Waals surface area contributed by atoms with E-state index in [1.165, 1.54) is 0 Å². The highest BCUT2D eigenvalue weighted by atomic mass is 79.9. The molecule has 2 rings (SSSR count). The van der Waals surface area contributed by atoms with Crippen LogP contribution in [0.2, 0.25) is 0 Å². The first-order valence-corrected chi connectivity index (χ1v) is 8.06. The van der Waals surface area contributed by atoms with Crippen LogP contribution < -0.4 is 4.72 Å². The normalized spacial score (nSPS) is 11.7. The van der Waals surface area contributed by atoms with Gasteiger partial charge in [0, 0.05) is 17.2 Å². The fourth-order valence-electron chi connectivity index (χ4n) is 1.54. The van der Waals surface area contributed by atoms with Gasteiger partial charge in [-0.1, -0.05) is 15.9 Å². The molecule has 0 aliphatic heterocycles. The van der Waals surface area contributed by atoms with Crippen molar-refractivity contribution in [2.45, 2.75) is 24.9 Å². The van der Waals surface area contributed by atoms with E-state index in [-0.39, 0.29) is 11.4 Å². The quantitative estimate of drug-likeness (QED) is 0.904. The molecule has 102 valence electrons. The molecular formula is C12H14BrN3O2S. The lowest BCUT2D eigenvalue weighted by Crippen LogP contribution is -2.23. The Kier molecular flexibility index (Phi) is 4.38. The second kappa shape index (κ2) is 5.85. The molecule has 0 amide bonds. The fraction of sp³-hybridized carbons (Fsp3) is 0.250. The van der Waals surface area contributed by atoms with Crippen LogP contribution in [-0.2, 0) is 23.1 Å². The van der Waals surface area contributed by atoms with Crippen molar-refractivity contribution in [1.82, 2.24) is 14.5 Å². The number of sulfonamides is 1.